The Balaban J connectivity index is 1.26. The summed E-state index contributed by atoms with van der Waals surface area (Å²) < 4.78 is 84.7. The smallest absolute Gasteiger partial charge is 0.379 e. The number of aromatic nitrogens is 3. The number of nitrogens with one attached hydrogen (secondary N) is 3. The largest absolute Gasteiger partial charge is 0.419 e. The fourth-order valence-corrected chi connectivity index (χ4v) is 4.76. The van der Waals surface area contributed by atoms with E-state index in [1.165, 1.54) is 0 Å². The lowest BCUT2D eigenvalue weighted by Gasteiger charge is -2.36. The van der Waals surface area contributed by atoms with Gasteiger partial charge in [0.05, 0.1) is 25.2 Å². The second kappa shape index (κ2) is 13.6. The molecule has 2 unspecified atom stereocenters. The lowest BCUT2D eigenvalue weighted by molar-refractivity contribution is -0.193. The highest BCUT2D eigenvalue weighted by Crippen LogP contribution is 2.31. The monoisotopic (exact) mass is 604 g/mol. The molecule has 17 heteroatoms. The highest BCUT2D eigenvalue weighted by atomic mass is 19.4. The number of halogens is 6. The molecule has 2 aliphatic rings. The van der Waals surface area contributed by atoms with Crippen molar-refractivity contribution in [2.24, 2.45) is 5.92 Å². The molecule has 2 amide bonds. The first-order valence-corrected chi connectivity index (χ1v) is 13.2. The van der Waals surface area contributed by atoms with Gasteiger partial charge in [0.1, 0.15) is 0 Å². The van der Waals surface area contributed by atoms with Gasteiger partial charge in [0, 0.05) is 69.6 Å². The molecule has 0 aliphatic carbocycles. The first-order chi connectivity index (χ1) is 19.9. The van der Waals surface area contributed by atoms with E-state index in [0.717, 1.165) is 18.0 Å². The van der Waals surface area contributed by atoms with Gasteiger partial charge in [-0.2, -0.15) is 26.3 Å². The van der Waals surface area contributed by atoms with Crippen molar-refractivity contribution in [2.45, 2.75) is 37.3 Å². The molecule has 0 spiro atoms. The number of ether oxygens (including phenoxy) is 1. The number of hydrogen-bond acceptors (Lipinski definition) is 9. The zero-order valence-corrected chi connectivity index (χ0v) is 22.3. The van der Waals surface area contributed by atoms with Crippen LogP contribution in [-0.2, 0) is 26.9 Å². The number of piperazine rings is 1. The Bertz CT molecular complexity index is 1180. The van der Waals surface area contributed by atoms with Crippen LogP contribution < -0.4 is 21.1 Å². The minimum absolute atomic E-state index is 0.0123. The molecule has 2 aromatic rings. The molecule has 0 saturated carbocycles. The Kier molecular flexibility index (Phi) is 10.2. The Morgan fingerprint density at radius 1 is 1.10 bits per heavy atom. The predicted molar refractivity (Wildman–Crippen MR) is 136 cm³/mol. The summed E-state index contributed by atoms with van der Waals surface area (Å²) >= 11 is 0. The average Bonchev–Trinajstić information content (AvgIpc) is 2.95. The average molecular weight is 605 g/mol. The van der Waals surface area contributed by atoms with Crippen molar-refractivity contribution in [2.75, 3.05) is 50.8 Å². The van der Waals surface area contributed by atoms with Crippen molar-refractivity contribution in [1.82, 2.24) is 36.0 Å². The molecule has 3 N–H and O–H groups in total. The van der Waals surface area contributed by atoms with Gasteiger partial charge < -0.3 is 19.9 Å². The van der Waals surface area contributed by atoms with Crippen molar-refractivity contribution >= 4 is 17.8 Å². The second-order valence-electron chi connectivity index (χ2n) is 9.89. The number of anilines is 1. The van der Waals surface area contributed by atoms with Crippen LogP contribution in [0.25, 0.3) is 0 Å². The predicted octanol–water partition coefficient (Wildman–Crippen LogP) is 1.33. The molecule has 11 nitrogen and oxygen atoms in total. The Morgan fingerprint density at radius 3 is 2.43 bits per heavy atom. The molecule has 230 valence electrons. The zero-order chi connectivity index (χ0) is 30.3. The maximum Gasteiger partial charge on any atom is 0.419 e. The molecule has 0 aromatic carbocycles. The Labute approximate surface area is 237 Å². The lowest BCUT2D eigenvalue weighted by Crippen LogP contribution is -2.65. The molecule has 2 aromatic heterocycles. The Morgan fingerprint density at radius 2 is 1.81 bits per heavy atom. The third kappa shape index (κ3) is 8.48. The molecule has 4 heterocycles. The van der Waals surface area contributed by atoms with Gasteiger partial charge in [0.25, 0.3) is 0 Å². The quantitative estimate of drug-likeness (QED) is 0.272. The lowest BCUT2D eigenvalue weighted by atomic mass is 9.95. The number of alkyl halides is 6. The van der Waals surface area contributed by atoms with E-state index >= 15 is 0 Å². The van der Waals surface area contributed by atoms with Gasteiger partial charge in [0.15, 0.2) is 5.92 Å². The molecular formula is C25H30F6N8O3. The summed E-state index contributed by atoms with van der Waals surface area (Å²) in [5.41, 5.74) is 4.30. The summed E-state index contributed by atoms with van der Waals surface area (Å²) in [4.78, 5) is 39.5. The standard InChI is InChI=1S/C25H30F6N8O3/c26-24(27,28)17-12-33-23(34-13-17)39-7-5-38(6-8-39)20(40)3-9-42-15-18(10-16-2-1-4-32-11-16)36-19-14-35-37-22(41)21(19)25(29,30)31/h1-2,4,11-13,18-19,21,35-36H,3,5-10,14-15H2,(H,37,41)/t18-,19?,21?/m0/s1. The van der Waals surface area contributed by atoms with E-state index in [4.69, 9.17) is 4.74 Å². The van der Waals surface area contributed by atoms with Gasteiger partial charge in [-0.3, -0.25) is 20.0 Å². The highest BCUT2D eigenvalue weighted by Gasteiger charge is 2.51. The van der Waals surface area contributed by atoms with Gasteiger partial charge in [-0.25, -0.2) is 15.4 Å². The molecule has 4 rings (SSSR count). The summed E-state index contributed by atoms with van der Waals surface area (Å²) in [6.45, 7) is 1.12. The van der Waals surface area contributed by atoms with Crippen LogP contribution in [0.4, 0.5) is 32.3 Å². The van der Waals surface area contributed by atoms with Crippen LogP contribution in [0, 0.1) is 5.92 Å². The van der Waals surface area contributed by atoms with Gasteiger partial charge in [0.2, 0.25) is 17.8 Å². The van der Waals surface area contributed by atoms with Gasteiger partial charge in [-0.15, -0.1) is 0 Å². The van der Waals surface area contributed by atoms with Crippen molar-refractivity contribution in [3.63, 3.8) is 0 Å². The number of carbonyl (C=O) groups is 2. The Hall–Kier alpha value is -3.57. The number of carbonyl (C=O) groups excluding carboxylic acids is 2. The fourth-order valence-electron chi connectivity index (χ4n) is 4.76. The minimum atomic E-state index is -4.75. The van der Waals surface area contributed by atoms with Gasteiger partial charge in [-0.1, -0.05) is 6.07 Å². The van der Waals surface area contributed by atoms with Crippen LogP contribution in [0.2, 0.25) is 0 Å². The minimum Gasteiger partial charge on any atom is -0.379 e. The molecule has 2 fully saturated rings. The maximum absolute atomic E-state index is 13.6. The summed E-state index contributed by atoms with van der Waals surface area (Å²) in [5.74, 6) is -3.49. The SMILES string of the molecule is O=C1NNCC(N[C@H](COCCC(=O)N2CCN(c3ncc(C(F)(F)F)cn3)CC2)Cc2cccnc2)C1C(F)(F)F. The number of pyridine rings is 1. The third-order valence-corrected chi connectivity index (χ3v) is 6.89. The van der Waals surface area contributed by atoms with E-state index in [1.807, 2.05) is 5.43 Å². The topological polar surface area (TPSA) is 125 Å². The van der Waals surface area contributed by atoms with Crippen molar-refractivity contribution in [1.29, 1.82) is 0 Å². The number of hydrazine groups is 1. The number of rotatable bonds is 10. The first-order valence-electron chi connectivity index (χ1n) is 13.2. The van der Waals surface area contributed by atoms with Gasteiger partial charge in [-0.05, 0) is 18.1 Å². The summed E-state index contributed by atoms with van der Waals surface area (Å²) in [6, 6.07) is 1.62. The van der Waals surface area contributed by atoms with Crippen molar-refractivity contribution in [3.8, 4) is 0 Å². The third-order valence-electron chi connectivity index (χ3n) is 6.89. The van der Waals surface area contributed by atoms with E-state index in [9.17, 15) is 35.9 Å². The molecule has 3 atom stereocenters. The normalized spacial score (nSPS) is 20.8. The summed E-state index contributed by atoms with van der Waals surface area (Å²) in [5, 5.41) is 2.90. The van der Waals surface area contributed by atoms with E-state index < -0.39 is 41.8 Å². The van der Waals surface area contributed by atoms with Crippen molar-refractivity contribution < 1.29 is 40.7 Å². The summed E-state index contributed by atoms with van der Waals surface area (Å²) in [6.07, 6.45) is -4.39. The zero-order valence-electron chi connectivity index (χ0n) is 22.3. The molecular weight excluding hydrogens is 574 g/mol. The maximum atomic E-state index is 13.6. The molecule has 42 heavy (non-hydrogen) atoms. The van der Waals surface area contributed by atoms with E-state index in [1.54, 1.807) is 34.3 Å². The molecule has 0 bridgehead atoms. The van der Waals surface area contributed by atoms with E-state index in [-0.39, 0.29) is 44.5 Å². The highest BCUT2D eigenvalue weighted by molar-refractivity contribution is 5.80. The molecule has 2 saturated heterocycles. The molecule has 2 aliphatic heterocycles. The number of hydrogen-bond donors (Lipinski definition) is 3. The van der Waals surface area contributed by atoms with Crippen LogP contribution in [0.5, 0.6) is 0 Å². The van der Waals surface area contributed by atoms with E-state index in [0.29, 0.717) is 26.2 Å². The number of amides is 2. The van der Waals surface area contributed by atoms with Crippen LogP contribution in [0.15, 0.2) is 36.9 Å². The molecule has 0 radical (unpaired) electrons. The fraction of sp³-hybridized carbons (Fsp3) is 0.560. The number of nitrogens with zero attached hydrogens (tertiary/aromatic N) is 5. The van der Waals surface area contributed by atoms with Gasteiger partial charge >= 0.3 is 12.4 Å². The van der Waals surface area contributed by atoms with E-state index in [2.05, 4.69) is 25.7 Å². The van der Waals surface area contributed by atoms with Crippen LogP contribution in [0.3, 0.4) is 0 Å². The van der Waals surface area contributed by atoms with Crippen molar-refractivity contribution in [3.05, 3.63) is 48.0 Å². The van der Waals surface area contributed by atoms with Crippen LogP contribution in [0.1, 0.15) is 17.5 Å². The van der Waals surface area contributed by atoms with Crippen LogP contribution >= 0.6 is 0 Å². The second-order valence-corrected chi connectivity index (χ2v) is 9.89. The summed E-state index contributed by atoms with van der Waals surface area (Å²) in [7, 11) is 0. The first kappa shape index (κ1) is 31.4. The van der Waals surface area contributed by atoms with Crippen LogP contribution in [-0.4, -0.2) is 95.9 Å².